The van der Waals surface area contributed by atoms with Crippen molar-refractivity contribution in [3.63, 3.8) is 0 Å². The average molecular weight is 250 g/mol. The van der Waals surface area contributed by atoms with Gasteiger partial charge < -0.3 is 20.4 Å². The summed E-state index contributed by atoms with van der Waals surface area (Å²) < 4.78 is 0. The number of anilines is 1. The van der Waals surface area contributed by atoms with Gasteiger partial charge in [-0.2, -0.15) is 0 Å². The SMILES string of the molecule is O=C(O)[C@@H]1C[C@@H](O)CN1C(=O)Nc1ccccc1. The molecule has 0 aliphatic carbocycles. The van der Waals surface area contributed by atoms with Crippen LogP contribution in [0.1, 0.15) is 6.42 Å². The first kappa shape index (κ1) is 12.4. The van der Waals surface area contributed by atoms with Gasteiger partial charge >= 0.3 is 12.0 Å². The number of urea groups is 1. The van der Waals surface area contributed by atoms with Crippen LogP contribution in [0.4, 0.5) is 10.5 Å². The zero-order chi connectivity index (χ0) is 13.1. The number of aliphatic hydroxyl groups excluding tert-OH is 1. The molecule has 0 spiro atoms. The predicted octanol–water partition coefficient (Wildman–Crippen LogP) is 0.738. The Morgan fingerprint density at radius 1 is 1.28 bits per heavy atom. The number of carboxylic acids is 1. The van der Waals surface area contributed by atoms with Crippen LogP contribution in [0.3, 0.4) is 0 Å². The highest BCUT2D eigenvalue weighted by Crippen LogP contribution is 2.19. The van der Waals surface area contributed by atoms with Crippen molar-refractivity contribution in [3.8, 4) is 0 Å². The van der Waals surface area contributed by atoms with Crippen LogP contribution in [-0.2, 0) is 4.79 Å². The van der Waals surface area contributed by atoms with Gasteiger partial charge in [-0.15, -0.1) is 0 Å². The Kier molecular flexibility index (Phi) is 3.47. The molecule has 0 bridgehead atoms. The van der Waals surface area contributed by atoms with Crippen molar-refractivity contribution < 1.29 is 19.8 Å². The predicted molar refractivity (Wildman–Crippen MR) is 64.2 cm³/mol. The van der Waals surface area contributed by atoms with Gasteiger partial charge in [0.1, 0.15) is 6.04 Å². The highest BCUT2D eigenvalue weighted by atomic mass is 16.4. The summed E-state index contributed by atoms with van der Waals surface area (Å²) in [5.41, 5.74) is 0.591. The second-order valence-corrected chi connectivity index (χ2v) is 4.19. The van der Waals surface area contributed by atoms with Crippen molar-refractivity contribution in [2.75, 3.05) is 11.9 Å². The van der Waals surface area contributed by atoms with Gasteiger partial charge in [-0.1, -0.05) is 18.2 Å². The number of hydrogen-bond donors (Lipinski definition) is 3. The molecular weight excluding hydrogens is 236 g/mol. The molecule has 96 valence electrons. The van der Waals surface area contributed by atoms with Gasteiger partial charge in [0.15, 0.2) is 0 Å². The van der Waals surface area contributed by atoms with E-state index in [0.717, 1.165) is 4.90 Å². The first-order chi connectivity index (χ1) is 8.58. The van der Waals surface area contributed by atoms with Gasteiger partial charge in [-0.3, -0.25) is 0 Å². The van der Waals surface area contributed by atoms with E-state index in [4.69, 9.17) is 5.11 Å². The summed E-state index contributed by atoms with van der Waals surface area (Å²) >= 11 is 0. The van der Waals surface area contributed by atoms with Crippen LogP contribution in [0, 0.1) is 0 Å². The van der Waals surface area contributed by atoms with Crippen LogP contribution in [-0.4, -0.2) is 45.8 Å². The van der Waals surface area contributed by atoms with E-state index in [1.165, 1.54) is 0 Å². The van der Waals surface area contributed by atoms with E-state index < -0.39 is 24.1 Å². The van der Waals surface area contributed by atoms with E-state index in [9.17, 15) is 14.7 Å². The molecule has 6 heteroatoms. The minimum Gasteiger partial charge on any atom is -0.480 e. The molecule has 0 unspecified atom stereocenters. The second kappa shape index (κ2) is 5.05. The van der Waals surface area contributed by atoms with E-state index in [-0.39, 0.29) is 13.0 Å². The molecule has 1 aliphatic heterocycles. The molecular formula is C12H14N2O4. The summed E-state index contributed by atoms with van der Waals surface area (Å²) in [7, 11) is 0. The monoisotopic (exact) mass is 250 g/mol. The number of benzene rings is 1. The van der Waals surface area contributed by atoms with E-state index in [0.29, 0.717) is 5.69 Å². The number of amides is 2. The van der Waals surface area contributed by atoms with Gasteiger partial charge in [0.2, 0.25) is 0 Å². The molecule has 0 aromatic heterocycles. The van der Waals surface area contributed by atoms with Gasteiger partial charge in [0.25, 0.3) is 0 Å². The van der Waals surface area contributed by atoms with Crippen molar-refractivity contribution in [1.29, 1.82) is 0 Å². The fourth-order valence-electron chi connectivity index (χ4n) is 1.99. The molecule has 1 saturated heterocycles. The summed E-state index contributed by atoms with van der Waals surface area (Å²) in [5, 5.41) is 21.0. The Morgan fingerprint density at radius 3 is 2.56 bits per heavy atom. The van der Waals surface area contributed by atoms with Crippen LogP contribution in [0.25, 0.3) is 0 Å². The van der Waals surface area contributed by atoms with E-state index in [1.807, 2.05) is 6.07 Å². The van der Waals surface area contributed by atoms with Crippen LogP contribution >= 0.6 is 0 Å². The van der Waals surface area contributed by atoms with E-state index in [2.05, 4.69) is 5.32 Å². The van der Waals surface area contributed by atoms with Gasteiger partial charge in [-0.25, -0.2) is 9.59 Å². The largest absolute Gasteiger partial charge is 0.480 e. The first-order valence-corrected chi connectivity index (χ1v) is 5.61. The van der Waals surface area contributed by atoms with Crippen LogP contribution in [0.2, 0.25) is 0 Å². The number of para-hydroxylation sites is 1. The Hall–Kier alpha value is -2.08. The summed E-state index contributed by atoms with van der Waals surface area (Å²) in [6.07, 6.45) is -0.718. The zero-order valence-electron chi connectivity index (χ0n) is 9.61. The number of aliphatic hydroxyl groups is 1. The molecule has 0 saturated carbocycles. The number of hydrogen-bond acceptors (Lipinski definition) is 3. The molecule has 2 amide bonds. The maximum Gasteiger partial charge on any atom is 0.326 e. The third-order valence-corrected chi connectivity index (χ3v) is 2.85. The Morgan fingerprint density at radius 2 is 1.94 bits per heavy atom. The number of aliphatic carboxylic acids is 1. The normalized spacial score (nSPS) is 22.8. The number of carbonyl (C=O) groups excluding carboxylic acids is 1. The van der Waals surface area contributed by atoms with Crippen molar-refractivity contribution in [2.45, 2.75) is 18.6 Å². The fourth-order valence-corrected chi connectivity index (χ4v) is 1.99. The summed E-state index contributed by atoms with van der Waals surface area (Å²) in [6, 6.07) is 7.29. The topological polar surface area (TPSA) is 89.9 Å². The standard InChI is InChI=1S/C12H14N2O4/c15-9-6-10(11(16)17)14(7-9)12(18)13-8-4-2-1-3-5-8/h1-5,9-10,15H,6-7H2,(H,13,18)(H,16,17)/t9-,10+/m1/s1. The third kappa shape index (κ3) is 2.60. The third-order valence-electron chi connectivity index (χ3n) is 2.85. The summed E-state index contributed by atoms with van der Waals surface area (Å²) in [4.78, 5) is 24.0. The average Bonchev–Trinajstić information content (AvgIpc) is 2.73. The minimum atomic E-state index is -1.10. The Bertz CT molecular complexity index is 449. The van der Waals surface area contributed by atoms with Crippen molar-refractivity contribution in [1.82, 2.24) is 4.90 Å². The van der Waals surface area contributed by atoms with Gasteiger partial charge in [-0.05, 0) is 12.1 Å². The number of nitrogens with one attached hydrogen (secondary N) is 1. The molecule has 2 atom stereocenters. The molecule has 1 aromatic carbocycles. The molecule has 6 nitrogen and oxygen atoms in total. The lowest BCUT2D eigenvalue weighted by Crippen LogP contribution is -2.43. The molecule has 1 aromatic rings. The lowest BCUT2D eigenvalue weighted by molar-refractivity contribution is -0.141. The van der Waals surface area contributed by atoms with Crippen LogP contribution in [0.5, 0.6) is 0 Å². The van der Waals surface area contributed by atoms with Crippen molar-refractivity contribution in [2.24, 2.45) is 0 Å². The molecule has 2 rings (SSSR count). The maximum atomic E-state index is 11.9. The van der Waals surface area contributed by atoms with Crippen molar-refractivity contribution in [3.05, 3.63) is 30.3 Å². The number of carboxylic acid groups (broad SMARTS) is 1. The van der Waals surface area contributed by atoms with Crippen LogP contribution < -0.4 is 5.32 Å². The fraction of sp³-hybridized carbons (Fsp3) is 0.333. The number of β-amino-alcohol motifs (C(OH)–C–C–N with tert-alkyl or cyclic N) is 1. The highest BCUT2D eigenvalue weighted by molar-refractivity contribution is 5.92. The molecule has 1 fully saturated rings. The summed E-state index contributed by atoms with van der Waals surface area (Å²) in [5.74, 6) is -1.10. The molecule has 3 N–H and O–H groups in total. The molecule has 18 heavy (non-hydrogen) atoms. The number of rotatable bonds is 2. The minimum absolute atomic E-state index is 0.0373. The first-order valence-electron chi connectivity index (χ1n) is 5.61. The lowest BCUT2D eigenvalue weighted by Gasteiger charge is -2.21. The Labute approximate surface area is 104 Å². The lowest BCUT2D eigenvalue weighted by atomic mass is 10.2. The van der Waals surface area contributed by atoms with Crippen LogP contribution in [0.15, 0.2) is 30.3 Å². The van der Waals surface area contributed by atoms with Gasteiger partial charge in [0, 0.05) is 18.7 Å². The van der Waals surface area contributed by atoms with E-state index in [1.54, 1.807) is 24.3 Å². The van der Waals surface area contributed by atoms with Gasteiger partial charge in [0.05, 0.1) is 6.10 Å². The highest BCUT2D eigenvalue weighted by Gasteiger charge is 2.38. The second-order valence-electron chi connectivity index (χ2n) is 4.19. The number of nitrogens with zero attached hydrogens (tertiary/aromatic N) is 1. The number of carbonyl (C=O) groups is 2. The molecule has 0 radical (unpaired) electrons. The molecule has 1 heterocycles. The maximum absolute atomic E-state index is 11.9. The number of likely N-dealkylation sites (tertiary alicyclic amines) is 1. The van der Waals surface area contributed by atoms with Crippen molar-refractivity contribution >= 4 is 17.7 Å². The zero-order valence-corrected chi connectivity index (χ0v) is 9.61. The Balaban J connectivity index is 2.06. The van der Waals surface area contributed by atoms with E-state index >= 15 is 0 Å². The summed E-state index contributed by atoms with van der Waals surface area (Å²) in [6.45, 7) is 0.0373. The molecule has 1 aliphatic rings. The smallest absolute Gasteiger partial charge is 0.326 e. The quantitative estimate of drug-likeness (QED) is 0.722.